The number of nitrogens with one attached hydrogen (secondary N) is 2. The molecule has 1 aromatic rings. The lowest BCUT2D eigenvalue weighted by atomic mass is 9.96. The summed E-state index contributed by atoms with van der Waals surface area (Å²) in [6.07, 6.45) is 3.86. The third-order valence-electron chi connectivity index (χ3n) is 4.89. The first kappa shape index (κ1) is 25.5. The van der Waals surface area contributed by atoms with Gasteiger partial charge in [-0.15, -0.1) is 0 Å². The van der Waals surface area contributed by atoms with Gasteiger partial charge in [0.1, 0.15) is 6.29 Å². The number of aryl methyl sites for hydroxylation is 1. The van der Waals surface area contributed by atoms with Crippen molar-refractivity contribution in [3.63, 3.8) is 0 Å². The highest BCUT2D eigenvalue weighted by molar-refractivity contribution is 6.03. The Morgan fingerprint density at radius 3 is 2.53 bits per heavy atom. The van der Waals surface area contributed by atoms with Gasteiger partial charge in [0.25, 0.3) is 5.91 Å². The van der Waals surface area contributed by atoms with E-state index in [1.54, 1.807) is 12.1 Å². The molecule has 0 heterocycles. The molecule has 166 valence electrons. The molecule has 1 atom stereocenters. The number of rotatable bonds is 15. The lowest BCUT2D eigenvalue weighted by Gasteiger charge is -2.25. The van der Waals surface area contributed by atoms with Gasteiger partial charge in [-0.05, 0) is 44.8 Å². The Morgan fingerprint density at radius 2 is 1.90 bits per heavy atom. The van der Waals surface area contributed by atoms with E-state index < -0.39 is 11.9 Å². The normalized spacial score (nSPS) is 11.6. The van der Waals surface area contributed by atoms with E-state index in [0.29, 0.717) is 44.2 Å². The van der Waals surface area contributed by atoms with Gasteiger partial charge >= 0.3 is 0 Å². The number of carbonyl (C=O) groups excluding carboxylic acids is 4. The SMILES string of the molecule is CNCCCOCCCc1cccc(C=O)c1C(=O)N(C)C(C=O)CCC(=O)NC. The summed E-state index contributed by atoms with van der Waals surface area (Å²) in [4.78, 5) is 49.0. The molecule has 2 N–H and O–H groups in total. The molecule has 1 aromatic carbocycles. The molecule has 0 fully saturated rings. The van der Waals surface area contributed by atoms with E-state index in [1.807, 2.05) is 13.1 Å². The summed E-state index contributed by atoms with van der Waals surface area (Å²) in [6.45, 7) is 2.11. The van der Waals surface area contributed by atoms with Crippen LogP contribution in [0.25, 0.3) is 0 Å². The molecule has 0 aliphatic rings. The fourth-order valence-corrected chi connectivity index (χ4v) is 3.09. The number of ether oxygens (including phenoxy) is 1. The van der Waals surface area contributed by atoms with Gasteiger partial charge in [0.2, 0.25) is 5.91 Å². The molecule has 0 spiro atoms. The van der Waals surface area contributed by atoms with Gasteiger partial charge in [-0.2, -0.15) is 0 Å². The first-order valence-corrected chi connectivity index (χ1v) is 10.2. The second-order valence-corrected chi connectivity index (χ2v) is 7.00. The topological polar surface area (TPSA) is 105 Å². The minimum absolute atomic E-state index is 0.130. The lowest BCUT2D eigenvalue weighted by Crippen LogP contribution is -2.39. The minimum atomic E-state index is -0.752. The molecule has 0 bridgehead atoms. The summed E-state index contributed by atoms with van der Waals surface area (Å²) < 4.78 is 5.59. The van der Waals surface area contributed by atoms with Crippen molar-refractivity contribution in [1.29, 1.82) is 0 Å². The second kappa shape index (κ2) is 14.4. The monoisotopic (exact) mass is 419 g/mol. The highest BCUT2D eigenvalue weighted by Gasteiger charge is 2.25. The van der Waals surface area contributed by atoms with Gasteiger partial charge in [-0.25, -0.2) is 0 Å². The number of carbonyl (C=O) groups is 4. The summed E-state index contributed by atoms with van der Waals surface area (Å²) in [7, 11) is 4.93. The maximum Gasteiger partial charge on any atom is 0.255 e. The maximum atomic E-state index is 13.1. The van der Waals surface area contributed by atoms with Crippen molar-refractivity contribution in [2.24, 2.45) is 0 Å². The summed E-state index contributed by atoms with van der Waals surface area (Å²) >= 11 is 0. The maximum absolute atomic E-state index is 13.1. The number of hydrogen-bond donors (Lipinski definition) is 2. The van der Waals surface area contributed by atoms with Crippen LogP contribution in [0, 0.1) is 0 Å². The third kappa shape index (κ3) is 8.04. The number of aldehydes is 2. The standard InChI is InChI=1S/C22H33N3O5/c1-23-12-6-14-30-13-5-9-17-7-4-8-18(15-26)21(17)22(29)25(3)19(16-27)10-11-20(28)24-2/h4,7-8,15-16,19,23H,5-6,9-14H2,1-3H3,(H,24,28). The van der Waals surface area contributed by atoms with E-state index in [0.717, 1.165) is 18.5 Å². The van der Waals surface area contributed by atoms with Crippen LogP contribution in [-0.4, -0.2) is 76.2 Å². The van der Waals surface area contributed by atoms with Crippen molar-refractivity contribution in [3.8, 4) is 0 Å². The largest absolute Gasteiger partial charge is 0.381 e. The van der Waals surface area contributed by atoms with Crippen LogP contribution in [0.4, 0.5) is 0 Å². The average molecular weight is 420 g/mol. The highest BCUT2D eigenvalue weighted by Crippen LogP contribution is 2.19. The van der Waals surface area contributed by atoms with Crippen LogP contribution in [-0.2, 0) is 20.7 Å². The Morgan fingerprint density at radius 1 is 1.17 bits per heavy atom. The molecule has 30 heavy (non-hydrogen) atoms. The van der Waals surface area contributed by atoms with Gasteiger partial charge in [0, 0.05) is 39.3 Å². The van der Waals surface area contributed by atoms with Crippen LogP contribution < -0.4 is 10.6 Å². The van der Waals surface area contributed by atoms with Gasteiger partial charge in [-0.3, -0.25) is 14.4 Å². The molecule has 8 heteroatoms. The zero-order chi connectivity index (χ0) is 22.4. The Hall–Kier alpha value is -2.58. The first-order valence-electron chi connectivity index (χ1n) is 10.2. The Kier molecular flexibility index (Phi) is 12.2. The zero-order valence-electron chi connectivity index (χ0n) is 18.1. The molecular formula is C22H33N3O5. The van der Waals surface area contributed by atoms with Crippen LogP contribution in [0.3, 0.4) is 0 Å². The van der Waals surface area contributed by atoms with Crippen LogP contribution in [0.1, 0.15) is 52.0 Å². The molecule has 8 nitrogen and oxygen atoms in total. The van der Waals surface area contributed by atoms with E-state index in [2.05, 4.69) is 10.6 Å². The van der Waals surface area contributed by atoms with Crippen LogP contribution >= 0.6 is 0 Å². The lowest BCUT2D eigenvalue weighted by molar-refractivity contribution is -0.121. The molecular weight excluding hydrogens is 386 g/mol. The minimum Gasteiger partial charge on any atom is -0.381 e. The number of likely N-dealkylation sites (N-methyl/N-ethyl adjacent to an activating group) is 1. The van der Waals surface area contributed by atoms with Crippen LogP contribution in [0.5, 0.6) is 0 Å². The van der Waals surface area contributed by atoms with Crippen LogP contribution in [0.2, 0.25) is 0 Å². The smallest absolute Gasteiger partial charge is 0.255 e. The number of hydrogen-bond acceptors (Lipinski definition) is 6. The van der Waals surface area contributed by atoms with Crippen molar-refractivity contribution >= 4 is 24.4 Å². The molecule has 2 amide bonds. The van der Waals surface area contributed by atoms with Gasteiger partial charge in [0.15, 0.2) is 6.29 Å². The number of benzene rings is 1. The fraction of sp³-hybridized carbons (Fsp3) is 0.545. The van der Waals surface area contributed by atoms with Crippen molar-refractivity contribution in [2.75, 3.05) is 40.9 Å². The highest BCUT2D eigenvalue weighted by atomic mass is 16.5. The Bertz CT molecular complexity index is 708. The van der Waals surface area contributed by atoms with E-state index >= 15 is 0 Å². The van der Waals surface area contributed by atoms with Crippen molar-refractivity contribution in [3.05, 3.63) is 34.9 Å². The quantitative estimate of drug-likeness (QED) is 0.327. The van der Waals surface area contributed by atoms with E-state index in [9.17, 15) is 19.2 Å². The van der Waals surface area contributed by atoms with E-state index in [4.69, 9.17) is 4.74 Å². The van der Waals surface area contributed by atoms with Gasteiger partial charge in [-0.1, -0.05) is 18.2 Å². The summed E-state index contributed by atoms with van der Waals surface area (Å²) in [5, 5.41) is 5.55. The zero-order valence-corrected chi connectivity index (χ0v) is 18.1. The second-order valence-electron chi connectivity index (χ2n) is 7.00. The number of amides is 2. The van der Waals surface area contributed by atoms with Gasteiger partial charge in [0.05, 0.1) is 11.6 Å². The molecule has 1 unspecified atom stereocenters. The summed E-state index contributed by atoms with van der Waals surface area (Å²) in [5.41, 5.74) is 1.33. The third-order valence-corrected chi connectivity index (χ3v) is 4.89. The molecule has 0 aliphatic carbocycles. The van der Waals surface area contributed by atoms with Gasteiger partial charge < -0.3 is 25.1 Å². The summed E-state index contributed by atoms with van der Waals surface area (Å²) in [5.74, 6) is -0.608. The number of nitrogens with zero attached hydrogens (tertiary/aromatic N) is 1. The van der Waals surface area contributed by atoms with E-state index in [-0.39, 0.29) is 24.3 Å². The predicted octanol–water partition coefficient (Wildman–Crippen LogP) is 1.22. The average Bonchev–Trinajstić information content (AvgIpc) is 2.77. The molecule has 0 radical (unpaired) electrons. The first-order chi connectivity index (χ1) is 14.5. The van der Waals surface area contributed by atoms with Crippen molar-refractivity contribution in [2.45, 2.75) is 38.1 Å². The van der Waals surface area contributed by atoms with Crippen molar-refractivity contribution in [1.82, 2.24) is 15.5 Å². The fourth-order valence-electron chi connectivity index (χ4n) is 3.09. The molecule has 0 saturated carbocycles. The Balaban J connectivity index is 2.86. The molecule has 1 rings (SSSR count). The molecule has 0 aromatic heterocycles. The van der Waals surface area contributed by atoms with E-state index in [1.165, 1.54) is 19.0 Å². The predicted molar refractivity (Wildman–Crippen MR) is 115 cm³/mol. The Labute approximate surface area is 178 Å². The summed E-state index contributed by atoms with van der Waals surface area (Å²) in [6, 6.07) is 4.40. The molecule has 0 saturated heterocycles. The van der Waals surface area contributed by atoms with Crippen LogP contribution in [0.15, 0.2) is 18.2 Å². The van der Waals surface area contributed by atoms with Crippen molar-refractivity contribution < 1.29 is 23.9 Å². The molecule has 0 aliphatic heterocycles.